The highest BCUT2D eigenvalue weighted by molar-refractivity contribution is 6.44. The number of carbonyl (C=O) groups excluding carboxylic acids is 1. The zero-order valence-corrected chi connectivity index (χ0v) is 14.4. The number of carboxylic acids is 1. The van der Waals surface area contributed by atoms with E-state index in [1.165, 1.54) is 0 Å². The predicted molar refractivity (Wildman–Crippen MR) is 91.1 cm³/mol. The Bertz CT molecular complexity index is 736. The van der Waals surface area contributed by atoms with Crippen molar-refractivity contribution in [2.75, 3.05) is 0 Å². The maximum absolute atomic E-state index is 11.9. The zero-order valence-electron chi connectivity index (χ0n) is 12.9. The van der Waals surface area contributed by atoms with Crippen LogP contribution in [-0.2, 0) is 22.4 Å². The van der Waals surface area contributed by atoms with Gasteiger partial charge in [0, 0.05) is 17.4 Å². The van der Waals surface area contributed by atoms with E-state index in [1.807, 2.05) is 6.07 Å². The lowest BCUT2D eigenvalue weighted by atomic mass is 9.70. The number of ketones is 1. The summed E-state index contributed by atoms with van der Waals surface area (Å²) in [4.78, 5) is 23.0. The standard InChI is InChI=1S/C18H18Cl2O3/c1-2-4-18-5-3-12(21)8-13(18)15-11(9-18)6-10(7-14(22)23)16(19)17(15)20/h6,8H,2-5,7,9H2,1H3,(H,22,23). The van der Waals surface area contributed by atoms with Crippen LogP contribution in [0.5, 0.6) is 0 Å². The molecule has 0 amide bonds. The summed E-state index contributed by atoms with van der Waals surface area (Å²) in [6.07, 6.45) is 5.77. The van der Waals surface area contributed by atoms with E-state index in [2.05, 4.69) is 6.92 Å². The molecule has 3 nitrogen and oxygen atoms in total. The second kappa shape index (κ2) is 5.95. The minimum absolute atomic E-state index is 0.0557. The van der Waals surface area contributed by atoms with Gasteiger partial charge in [-0.05, 0) is 42.0 Å². The SMILES string of the molecule is CCCC12CCC(=O)C=C1c1c(cc(CC(=O)O)c(Cl)c1Cl)C2. The van der Waals surface area contributed by atoms with Crippen LogP contribution in [-0.4, -0.2) is 16.9 Å². The smallest absolute Gasteiger partial charge is 0.307 e. The highest BCUT2D eigenvalue weighted by atomic mass is 35.5. The summed E-state index contributed by atoms with van der Waals surface area (Å²) in [7, 11) is 0. The molecule has 0 fully saturated rings. The molecule has 0 spiro atoms. The first-order valence-electron chi connectivity index (χ1n) is 7.85. The highest BCUT2D eigenvalue weighted by Gasteiger charge is 2.45. The Labute approximate surface area is 145 Å². The van der Waals surface area contributed by atoms with E-state index in [9.17, 15) is 9.59 Å². The molecule has 2 aliphatic carbocycles. The van der Waals surface area contributed by atoms with Crippen molar-refractivity contribution in [3.8, 4) is 0 Å². The molecule has 0 saturated carbocycles. The largest absolute Gasteiger partial charge is 0.481 e. The van der Waals surface area contributed by atoms with Gasteiger partial charge < -0.3 is 5.11 Å². The molecular weight excluding hydrogens is 335 g/mol. The summed E-state index contributed by atoms with van der Waals surface area (Å²) in [5.41, 5.74) is 3.36. The summed E-state index contributed by atoms with van der Waals surface area (Å²) < 4.78 is 0. The molecule has 23 heavy (non-hydrogen) atoms. The van der Waals surface area contributed by atoms with Crippen molar-refractivity contribution >= 4 is 40.5 Å². The molecule has 1 N–H and O–H groups in total. The van der Waals surface area contributed by atoms with Crippen LogP contribution in [0.4, 0.5) is 0 Å². The zero-order chi connectivity index (χ0) is 16.8. The quantitative estimate of drug-likeness (QED) is 0.853. The molecule has 0 aromatic heterocycles. The minimum Gasteiger partial charge on any atom is -0.481 e. The van der Waals surface area contributed by atoms with Gasteiger partial charge in [-0.15, -0.1) is 0 Å². The summed E-state index contributed by atoms with van der Waals surface area (Å²) in [5.74, 6) is -0.808. The van der Waals surface area contributed by atoms with Gasteiger partial charge in [-0.1, -0.05) is 42.6 Å². The average Bonchev–Trinajstić information content (AvgIpc) is 2.78. The lowest BCUT2D eigenvalue weighted by Crippen LogP contribution is -2.25. The molecule has 2 aliphatic rings. The van der Waals surface area contributed by atoms with E-state index >= 15 is 0 Å². The van der Waals surface area contributed by atoms with Gasteiger partial charge >= 0.3 is 5.97 Å². The van der Waals surface area contributed by atoms with E-state index < -0.39 is 5.97 Å². The van der Waals surface area contributed by atoms with Crippen LogP contribution in [0.3, 0.4) is 0 Å². The topological polar surface area (TPSA) is 54.4 Å². The van der Waals surface area contributed by atoms with Crippen molar-refractivity contribution in [2.45, 2.75) is 45.4 Å². The van der Waals surface area contributed by atoms with Gasteiger partial charge in [-0.25, -0.2) is 0 Å². The van der Waals surface area contributed by atoms with Gasteiger partial charge in [-0.3, -0.25) is 9.59 Å². The fourth-order valence-corrected chi connectivity index (χ4v) is 4.62. The van der Waals surface area contributed by atoms with Gasteiger partial charge in [0.1, 0.15) is 0 Å². The van der Waals surface area contributed by atoms with Crippen molar-refractivity contribution in [3.63, 3.8) is 0 Å². The molecule has 0 saturated heterocycles. The fourth-order valence-electron chi connectivity index (χ4n) is 4.06. The number of carboxylic acid groups (broad SMARTS) is 1. The Morgan fingerprint density at radius 1 is 1.35 bits per heavy atom. The third-order valence-corrected chi connectivity index (χ3v) is 5.87. The Kier molecular flexibility index (Phi) is 4.28. The molecule has 0 bridgehead atoms. The number of allylic oxidation sites excluding steroid dienone is 2. The van der Waals surface area contributed by atoms with E-state index in [1.54, 1.807) is 6.08 Å². The third-order valence-electron chi connectivity index (χ3n) is 4.96. The molecule has 122 valence electrons. The van der Waals surface area contributed by atoms with Crippen molar-refractivity contribution in [1.29, 1.82) is 0 Å². The van der Waals surface area contributed by atoms with E-state index in [-0.39, 0.29) is 17.6 Å². The second-order valence-electron chi connectivity index (χ2n) is 6.50. The molecule has 0 heterocycles. The number of carbonyl (C=O) groups is 2. The van der Waals surface area contributed by atoms with Crippen LogP contribution in [0.1, 0.15) is 49.3 Å². The summed E-state index contributed by atoms with van der Waals surface area (Å²) in [6, 6.07) is 1.86. The van der Waals surface area contributed by atoms with Crippen LogP contribution >= 0.6 is 23.2 Å². The third kappa shape index (κ3) is 2.70. The number of halogens is 2. The van der Waals surface area contributed by atoms with Crippen LogP contribution in [0.15, 0.2) is 12.1 Å². The fraction of sp³-hybridized carbons (Fsp3) is 0.444. The molecule has 3 rings (SSSR count). The molecule has 0 radical (unpaired) electrons. The van der Waals surface area contributed by atoms with Gasteiger partial charge in [0.25, 0.3) is 0 Å². The maximum Gasteiger partial charge on any atom is 0.307 e. The monoisotopic (exact) mass is 352 g/mol. The Morgan fingerprint density at radius 3 is 2.74 bits per heavy atom. The van der Waals surface area contributed by atoms with Crippen molar-refractivity contribution in [2.24, 2.45) is 5.41 Å². The molecular formula is C18H18Cl2O3. The van der Waals surface area contributed by atoms with Crippen LogP contribution in [0, 0.1) is 5.41 Å². The van der Waals surface area contributed by atoms with Gasteiger partial charge in [0.05, 0.1) is 16.5 Å². The van der Waals surface area contributed by atoms with Crippen LogP contribution in [0.25, 0.3) is 5.57 Å². The molecule has 1 aromatic carbocycles. The molecule has 0 aliphatic heterocycles. The number of hydrogen-bond acceptors (Lipinski definition) is 2. The summed E-state index contributed by atoms with van der Waals surface area (Å²) in [5, 5.41) is 9.73. The number of benzene rings is 1. The van der Waals surface area contributed by atoms with Gasteiger partial charge in [-0.2, -0.15) is 0 Å². The van der Waals surface area contributed by atoms with E-state index in [4.69, 9.17) is 28.3 Å². The van der Waals surface area contributed by atoms with Crippen LogP contribution < -0.4 is 0 Å². The summed E-state index contributed by atoms with van der Waals surface area (Å²) >= 11 is 12.8. The van der Waals surface area contributed by atoms with Crippen LogP contribution in [0.2, 0.25) is 10.0 Å². The minimum atomic E-state index is -0.934. The Balaban J connectivity index is 2.17. The lowest BCUT2D eigenvalue weighted by molar-refractivity contribution is -0.136. The van der Waals surface area contributed by atoms with Crippen molar-refractivity contribution < 1.29 is 14.7 Å². The molecule has 1 aromatic rings. The lowest BCUT2D eigenvalue weighted by Gasteiger charge is -2.33. The normalized spacial score (nSPS) is 22.6. The van der Waals surface area contributed by atoms with E-state index in [0.29, 0.717) is 22.0 Å². The molecule has 1 unspecified atom stereocenters. The first-order chi connectivity index (χ1) is 10.9. The second-order valence-corrected chi connectivity index (χ2v) is 7.26. The number of aliphatic carboxylic acids is 1. The van der Waals surface area contributed by atoms with Crippen molar-refractivity contribution in [1.82, 2.24) is 0 Å². The predicted octanol–water partition coefficient (Wildman–Crippen LogP) is 4.71. The first kappa shape index (κ1) is 16.5. The molecule has 1 atom stereocenters. The average molecular weight is 353 g/mol. The maximum atomic E-state index is 11.9. The highest BCUT2D eigenvalue weighted by Crippen LogP contribution is 2.57. The summed E-state index contributed by atoms with van der Waals surface area (Å²) in [6.45, 7) is 2.14. The van der Waals surface area contributed by atoms with Crippen molar-refractivity contribution in [3.05, 3.63) is 38.9 Å². The number of hydrogen-bond donors (Lipinski definition) is 1. The van der Waals surface area contributed by atoms with Gasteiger partial charge in [0.15, 0.2) is 5.78 Å². The Morgan fingerprint density at radius 2 is 2.09 bits per heavy atom. The molecule has 5 heteroatoms. The van der Waals surface area contributed by atoms with E-state index in [0.717, 1.165) is 42.4 Å². The Hall–Kier alpha value is -1.32. The van der Waals surface area contributed by atoms with Gasteiger partial charge in [0.2, 0.25) is 0 Å². The first-order valence-corrected chi connectivity index (χ1v) is 8.60. The number of fused-ring (bicyclic) bond motifs is 3. The number of rotatable bonds is 4.